The molecule has 1 aliphatic heterocycles. The summed E-state index contributed by atoms with van der Waals surface area (Å²) in [4.78, 5) is 21.2. The molecule has 1 saturated heterocycles. The summed E-state index contributed by atoms with van der Waals surface area (Å²) in [5, 5.41) is 21.9. The summed E-state index contributed by atoms with van der Waals surface area (Å²) in [6.07, 6.45) is 10.3. The van der Waals surface area contributed by atoms with Gasteiger partial charge in [0.25, 0.3) is 0 Å². The van der Waals surface area contributed by atoms with Gasteiger partial charge in [0.05, 0.1) is 11.9 Å². The Morgan fingerprint density at radius 3 is 2.82 bits per heavy atom. The van der Waals surface area contributed by atoms with Gasteiger partial charge in [-0.15, -0.1) is 5.10 Å². The molecule has 4 aromatic rings. The smallest absolute Gasteiger partial charge is 0.246 e. The highest BCUT2D eigenvalue weighted by molar-refractivity contribution is 5.93. The number of hydrogen-bond donors (Lipinski definition) is 3. The molecule has 0 unspecified atom stereocenters. The molecule has 6 rings (SSSR count). The fourth-order valence-corrected chi connectivity index (χ4v) is 4.66. The lowest BCUT2D eigenvalue weighted by molar-refractivity contribution is -0.125. The minimum atomic E-state index is 0.0507. The van der Waals surface area contributed by atoms with Crippen LogP contribution in [0.3, 0.4) is 0 Å². The topological polar surface area (TPSA) is 137 Å². The molecule has 3 aromatic heterocycles. The quantitative estimate of drug-likeness (QED) is 0.250. The molecule has 4 heterocycles. The summed E-state index contributed by atoms with van der Waals surface area (Å²) in [6, 6.07) is 9.95. The predicted octanol–water partition coefficient (Wildman–Crippen LogP) is 3.11. The predicted molar refractivity (Wildman–Crippen MR) is 145 cm³/mol. The van der Waals surface area contributed by atoms with Crippen LogP contribution in [0.5, 0.6) is 17.2 Å². The first kappa shape index (κ1) is 24.9. The number of nitrogens with one attached hydrogen (secondary N) is 3. The number of pyridine rings is 1. The van der Waals surface area contributed by atoms with Crippen LogP contribution in [0, 0.1) is 0 Å². The zero-order chi connectivity index (χ0) is 26.6. The fourth-order valence-electron chi connectivity index (χ4n) is 4.66. The number of likely N-dealkylation sites (N-methyl/N-ethyl adjacent to an activating group) is 1. The van der Waals surface area contributed by atoms with E-state index < -0.39 is 0 Å². The van der Waals surface area contributed by atoms with E-state index in [4.69, 9.17) is 9.47 Å². The summed E-state index contributed by atoms with van der Waals surface area (Å²) in [7, 11) is 2.11. The van der Waals surface area contributed by atoms with Crippen LogP contribution in [0.1, 0.15) is 25.0 Å². The summed E-state index contributed by atoms with van der Waals surface area (Å²) in [6.45, 7) is 2.47. The van der Waals surface area contributed by atoms with Crippen molar-refractivity contribution in [3.05, 3.63) is 60.6 Å². The third-order valence-corrected chi connectivity index (χ3v) is 7.00. The highest BCUT2D eigenvalue weighted by Crippen LogP contribution is 2.34. The number of benzene rings is 1. The maximum absolute atomic E-state index is 12.7. The van der Waals surface area contributed by atoms with Gasteiger partial charge in [0.2, 0.25) is 5.91 Å². The molecule has 39 heavy (non-hydrogen) atoms. The van der Waals surface area contributed by atoms with E-state index in [-0.39, 0.29) is 11.9 Å². The van der Waals surface area contributed by atoms with Crippen LogP contribution in [-0.4, -0.2) is 85.1 Å². The number of aromatic nitrogens is 6. The molecule has 1 amide bonds. The van der Waals surface area contributed by atoms with Crippen molar-refractivity contribution in [2.45, 2.75) is 38.0 Å². The van der Waals surface area contributed by atoms with Crippen LogP contribution in [0.15, 0.2) is 54.9 Å². The first-order valence-corrected chi connectivity index (χ1v) is 13.1. The van der Waals surface area contributed by atoms with Crippen molar-refractivity contribution in [3.8, 4) is 17.2 Å². The zero-order valence-corrected chi connectivity index (χ0v) is 21.7. The number of aromatic amines is 2. The van der Waals surface area contributed by atoms with E-state index in [9.17, 15) is 4.79 Å². The Hall–Kier alpha value is -4.45. The van der Waals surface area contributed by atoms with Crippen molar-refractivity contribution in [2.75, 3.05) is 32.0 Å². The van der Waals surface area contributed by atoms with E-state index >= 15 is 0 Å². The van der Waals surface area contributed by atoms with Crippen molar-refractivity contribution in [1.82, 2.24) is 40.4 Å². The Labute approximate surface area is 225 Å². The second kappa shape index (κ2) is 11.1. The molecule has 2 aliphatic rings. The third kappa shape index (κ3) is 6.01. The standard InChI is InChI=1S/C27H31N9O3/c1-35(20-4-5-20)13-2-3-24(37)36-14-11-18(16-36)30-27-25-23(10-12-28-26(25)32-33-27)39-22-8-6-21(7-9-22)38-17-19-15-29-34-31-19/h2-3,6-10,12,15,18,20H,4-5,11,13-14,16-17H2,1H3,(H,29,31,34)(H2,28,30,32,33)/t18-/m1/s1. The molecule has 1 aromatic carbocycles. The molecule has 12 heteroatoms. The van der Waals surface area contributed by atoms with Gasteiger partial charge in [0.1, 0.15) is 29.2 Å². The second-order valence-corrected chi connectivity index (χ2v) is 9.94. The number of ether oxygens (including phenoxy) is 2. The van der Waals surface area contributed by atoms with Gasteiger partial charge in [-0.2, -0.15) is 5.10 Å². The average Bonchev–Trinajstić information content (AvgIpc) is 3.30. The van der Waals surface area contributed by atoms with E-state index in [1.165, 1.54) is 12.8 Å². The van der Waals surface area contributed by atoms with Gasteiger partial charge in [0, 0.05) is 50.1 Å². The SMILES string of the molecule is CN(CC=CC(=O)N1CC[C@@H](Nc2n[nH]c3nccc(Oc4ccc(OCc5cnn[nH]5)cc4)c23)C1)C1CC1. The molecule has 0 radical (unpaired) electrons. The van der Waals surface area contributed by atoms with Crippen molar-refractivity contribution >= 4 is 22.8 Å². The van der Waals surface area contributed by atoms with Crippen molar-refractivity contribution in [3.63, 3.8) is 0 Å². The normalized spacial score (nSPS) is 17.4. The molecule has 0 spiro atoms. The molecular weight excluding hydrogens is 498 g/mol. The maximum atomic E-state index is 12.7. The minimum absolute atomic E-state index is 0.0507. The van der Waals surface area contributed by atoms with Gasteiger partial charge in [-0.25, -0.2) is 4.98 Å². The molecule has 1 aliphatic carbocycles. The second-order valence-electron chi connectivity index (χ2n) is 9.94. The lowest BCUT2D eigenvalue weighted by Gasteiger charge is -2.16. The first-order chi connectivity index (χ1) is 19.1. The van der Waals surface area contributed by atoms with Crippen LogP contribution < -0.4 is 14.8 Å². The highest BCUT2D eigenvalue weighted by Gasteiger charge is 2.27. The van der Waals surface area contributed by atoms with E-state index in [0.717, 1.165) is 24.0 Å². The number of H-pyrrole nitrogens is 2. The Morgan fingerprint density at radius 2 is 2.03 bits per heavy atom. The minimum Gasteiger partial charge on any atom is -0.487 e. The van der Waals surface area contributed by atoms with Crippen LogP contribution in [-0.2, 0) is 11.4 Å². The molecule has 1 saturated carbocycles. The number of likely N-dealkylation sites (tertiary alicyclic amines) is 1. The Kier molecular flexibility index (Phi) is 7.09. The van der Waals surface area contributed by atoms with E-state index in [2.05, 4.69) is 47.9 Å². The number of carbonyl (C=O) groups excluding carboxylic acids is 1. The third-order valence-electron chi connectivity index (χ3n) is 7.00. The monoisotopic (exact) mass is 529 g/mol. The number of anilines is 1. The van der Waals surface area contributed by atoms with E-state index in [0.29, 0.717) is 54.5 Å². The Bertz CT molecular complexity index is 1430. The molecular formula is C27H31N9O3. The zero-order valence-electron chi connectivity index (χ0n) is 21.7. The van der Waals surface area contributed by atoms with Gasteiger partial charge in [-0.3, -0.25) is 19.9 Å². The molecule has 1 atom stereocenters. The van der Waals surface area contributed by atoms with Crippen LogP contribution >= 0.6 is 0 Å². The van der Waals surface area contributed by atoms with Gasteiger partial charge in [0.15, 0.2) is 11.5 Å². The lowest BCUT2D eigenvalue weighted by Crippen LogP contribution is -2.30. The van der Waals surface area contributed by atoms with E-state index in [1.54, 1.807) is 18.5 Å². The number of hydrogen-bond acceptors (Lipinski definition) is 9. The van der Waals surface area contributed by atoms with Gasteiger partial charge in [-0.05, 0) is 50.6 Å². The number of carbonyl (C=O) groups is 1. The molecule has 12 nitrogen and oxygen atoms in total. The number of nitrogens with zero attached hydrogens (tertiary/aromatic N) is 6. The molecule has 0 bridgehead atoms. The van der Waals surface area contributed by atoms with Gasteiger partial charge < -0.3 is 19.7 Å². The Balaban J connectivity index is 1.07. The van der Waals surface area contributed by atoms with E-state index in [1.807, 2.05) is 41.3 Å². The average molecular weight is 530 g/mol. The molecule has 2 fully saturated rings. The molecule has 202 valence electrons. The van der Waals surface area contributed by atoms with Crippen LogP contribution in [0.25, 0.3) is 11.0 Å². The summed E-state index contributed by atoms with van der Waals surface area (Å²) in [5.41, 5.74) is 1.41. The number of fused-ring (bicyclic) bond motifs is 1. The molecule has 3 N–H and O–H groups in total. The fraction of sp³-hybridized carbons (Fsp3) is 0.370. The maximum Gasteiger partial charge on any atom is 0.246 e. The van der Waals surface area contributed by atoms with Gasteiger partial charge in [-0.1, -0.05) is 11.3 Å². The summed E-state index contributed by atoms with van der Waals surface area (Å²) >= 11 is 0. The number of amides is 1. The van der Waals surface area contributed by atoms with Crippen molar-refractivity contribution in [1.29, 1.82) is 0 Å². The van der Waals surface area contributed by atoms with Crippen LogP contribution in [0.4, 0.5) is 5.82 Å². The van der Waals surface area contributed by atoms with Gasteiger partial charge >= 0.3 is 0 Å². The largest absolute Gasteiger partial charge is 0.487 e. The summed E-state index contributed by atoms with van der Waals surface area (Å²) in [5.74, 6) is 2.69. The lowest BCUT2D eigenvalue weighted by atomic mass is 10.2. The van der Waals surface area contributed by atoms with Crippen molar-refractivity contribution < 1.29 is 14.3 Å². The van der Waals surface area contributed by atoms with Crippen molar-refractivity contribution in [2.24, 2.45) is 0 Å². The summed E-state index contributed by atoms with van der Waals surface area (Å²) < 4.78 is 11.9. The number of rotatable bonds is 11. The highest BCUT2D eigenvalue weighted by atomic mass is 16.5. The Morgan fingerprint density at radius 1 is 1.18 bits per heavy atom. The first-order valence-electron chi connectivity index (χ1n) is 13.1. The van der Waals surface area contributed by atoms with Crippen LogP contribution in [0.2, 0.25) is 0 Å².